The number of alkyl halides is 2. The predicted molar refractivity (Wildman–Crippen MR) is 108 cm³/mol. The van der Waals surface area contributed by atoms with Crippen LogP contribution < -0.4 is 16.5 Å². The van der Waals surface area contributed by atoms with Crippen LogP contribution in [0.1, 0.15) is 61.3 Å². The number of carbonyl (C=O) groups is 4. The van der Waals surface area contributed by atoms with Crippen LogP contribution in [0.3, 0.4) is 0 Å². The molecule has 2 heterocycles. The molecule has 31 heavy (non-hydrogen) atoms. The lowest BCUT2D eigenvalue weighted by molar-refractivity contribution is -0.145. The second-order valence-electron chi connectivity index (χ2n) is 8.68. The molecule has 12 heteroatoms. The number of aromatic nitrogens is 1. The van der Waals surface area contributed by atoms with E-state index in [2.05, 4.69) is 15.9 Å². The number of aryl methyl sites for hydroxylation is 1. The van der Waals surface area contributed by atoms with Crippen LogP contribution in [0.4, 0.5) is 4.39 Å². The van der Waals surface area contributed by atoms with E-state index in [1.54, 1.807) is 0 Å². The van der Waals surface area contributed by atoms with Crippen molar-refractivity contribution < 1.29 is 28.1 Å². The van der Waals surface area contributed by atoms with E-state index in [-0.39, 0.29) is 35.9 Å². The maximum Gasteiger partial charge on any atom is 0.291 e. The van der Waals surface area contributed by atoms with Crippen LogP contribution in [0.5, 0.6) is 0 Å². The Hall–Kier alpha value is -2.69. The molecule has 2 rings (SSSR count). The molecule has 3 atom stereocenters. The number of halogens is 2. The normalized spacial score (nSPS) is 18.3. The minimum Gasteiger partial charge on any atom is -0.364 e. The largest absolute Gasteiger partial charge is 0.364 e. The molecule has 1 aliphatic rings. The highest BCUT2D eigenvalue weighted by atomic mass is 35.5. The van der Waals surface area contributed by atoms with Gasteiger partial charge in [-0.25, -0.2) is 9.40 Å². The Bertz CT molecular complexity index is 866. The number of nitrogens with one attached hydrogen (secondary N) is 2. The van der Waals surface area contributed by atoms with Gasteiger partial charge in [-0.15, -0.1) is 0 Å². The van der Waals surface area contributed by atoms with Crippen LogP contribution >= 0.6 is 11.6 Å². The first-order valence-electron chi connectivity index (χ1n) is 9.75. The Kier molecular flexibility index (Phi) is 7.63. The standard InChI is InChI=1S/C19H27ClFN5O5/c1-9-12(13(15(22)27)25-31-9)11(7-19(2,3)4)17(29)24-26(18(30)14(20)21)8-10-5-6-23-16(10)28/h10-11,14H,5-8H2,1-4H3,(H2,22,27)(H,23,28)(H,24,29)/t10-,11-,14-/m0/s1. The second kappa shape index (κ2) is 9.63. The molecule has 0 radical (unpaired) electrons. The van der Waals surface area contributed by atoms with E-state index in [9.17, 15) is 23.6 Å². The van der Waals surface area contributed by atoms with Gasteiger partial charge in [0, 0.05) is 12.1 Å². The van der Waals surface area contributed by atoms with Crippen LogP contribution in [-0.2, 0) is 14.4 Å². The Balaban J connectivity index is 2.37. The van der Waals surface area contributed by atoms with Crippen LogP contribution in [0.25, 0.3) is 0 Å². The summed E-state index contributed by atoms with van der Waals surface area (Å²) in [5.74, 6) is -4.51. The highest BCUT2D eigenvalue weighted by molar-refractivity contribution is 6.29. The van der Waals surface area contributed by atoms with Gasteiger partial charge < -0.3 is 15.6 Å². The molecular formula is C19H27ClFN5O5. The zero-order valence-corrected chi connectivity index (χ0v) is 18.6. The first kappa shape index (κ1) is 24.6. The summed E-state index contributed by atoms with van der Waals surface area (Å²) >= 11 is 5.31. The maximum atomic E-state index is 13.6. The minimum absolute atomic E-state index is 0.189. The van der Waals surface area contributed by atoms with Crippen LogP contribution in [-0.4, -0.2) is 52.5 Å². The smallest absolute Gasteiger partial charge is 0.291 e. The molecule has 1 fully saturated rings. The first-order chi connectivity index (χ1) is 14.3. The van der Waals surface area contributed by atoms with Gasteiger partial charge in [-0.1, -0.05) is 37.5 Å². The number of hydrogen-bond acceptors (Lipinski definition) is 6. The molecular weight excluding hydrogens is 433 g/mol. The lowest BCUT2D eigenvalue weighted by atomic mass is 9.80. The maximum absolute atomic E-state index is 13.6. The molecule has 1 aliphatic heterocycles. The van der Waals surface area contributed by atoms with Gasteiger partial charge in [0.05, 0.1) is 18.4 Å². The molecule has 0 aromatic carbocycles. The molecule has 4 amide bonds. The zero-order chi connectivity index (χ0) is 23.5. The van der Waals surface area contributed by atoms with Gasteiger partial charge in [0.25, 0.3) is 17.4 Å². The average Bonchev–Trinajstić information content (AvgIpc) is 3.23. The average molecular weight is 460 g/mol. The monoisotopic (exact) mass is 459 g/mol. The number of nitrogens with zero attached hydrogens (tertiary/aromatic N) is 2. The van der Waals surface area contributed by atoms with E-state index < -0.39 is 40.6 Å². The number of hydrazine groups is 1. The van der Waals surface area contributed by atoms with Gasteiger partial charge >= 0.3 is 0 Å². The van der Waals surface area contributed by atoms with E-state index >= 15 is 0 Å². The summed E-state index contributed by atoms with van der Waals surface area (Å²) in [6.07, 6.45) is 0.646. The van der Waals surface area contributed by atoms with Gasteiger partial charge in [-0.3, -0.25) is 24.6 Å². The summed E-state index contributed by atoms with van der Waals surface area (Å²) in [7, 11) is 0. The molecule has 0 unspecified atom stereocenters. The molecule has 0 spiro atoms. The summed E-state index contributed by atoms with van der Waals surface area (Å²) in [5.41, 5.74) is 4.93. The number of nitrogens with two attached hydrogens (primary N) is 1. The van der Waals surface area contributed by atoms with Gasteiger partial charge in [-0.05, 0) is 25.2 Å². The molecule has 0 saturated carbocycles. The molecule has 172 valence electrons. The van der Waals surface area contributed by atoms with Gasteiger partial charge in [-0.2, -0.15) is 0 Å². The highest BCUT2D eigenvalue weighted by Crippen LogP contribution is 2.35. The number of hydrogen-bond donors (Lipinski definition) is 3. The Morgan fingerprint density at radius 3 is 2.55 bits per heavy atom. The minimum atomic E-state index is -2.41. The fourth-order valence-electron chi connectivity index (χ4n) is 3.46. The van der Waals surface area contributed by atoms with E-state index in [0.29, 0.717) is 18.0 Å². The molecule has 1 aromatic rings. The van der Waals surface area contributed by atoms with Crippen LogP contribution in [0.15, 0.2) is 4.52 Å². The summed E-state index contributed by atoms with van der Waals surface area (Å²) in [4.78, 5) is 49.2. The second-order valence-corrected chi connectivity index (χ2v) is 9.07. The zero-order valence-electron chi connectivity index (χ0n) is 17.8. The molecule has 1 saturated heterocycles. The Morgan fingerprint density at radius 2 is 2.06 bits per heavy atom. The van der Waals surface area contributed by atoms with Crippen molar-refractivity contribution >= 4 is 35.2 Å². The predicted octanol–water partition coefficient (Wildman–Crippen LogP) is 1.13. The van der Waals surface area contributed by atoms with Crippen LogP contribution in [0.2, 0.25) is 0 Å². The van der Waals surface area contributed by atoms with E-state index in [1.807, 2.05) is 20.8 Å². The summed E-state index contributed by atoms with van der Waals surface area (Å²) in [6.45, 7) is 7.32. The lowest BCUT2D eigenvalue weighted by Crippen LogP contribution is -2.52. The van der Waals surface area contributed by atoms with E-state index in [4.69, 9.17) is 21.9 Å². The molecule has 4 N–H and O–H groups in total. The summed E-state index contributed by atoms with van der Waals surface area (Å²) in [6, 6.07) is 0. The number of rotatable bonds is 7. The van der Waals surface area contributed by atoms with Crippen molar-refractivity contribution in [2.45, 2.75) is 52.1 Å². The van der Waals surface area contributed by atoms with Gasteiger partial charge in [0.2, 0.25) is 11.8 Å². The van der Waals surface area contributed by atoms with Crippen molar-refractivity contribution in [1.82, 2.24) is 20.9 Å². The van der Waals surface area contributed by atoms with Crippen molar-refractivity contribution in [1.29, 1.82) is 0 Å². The highest BCUT2D eigenvalue weighted by Gasteiger charge is 2.37. The third kappa shape index (κ3) is 6.16. The summed E-state index contributed by atoms with van der Waals surface area (Å²) < 4.78 is 18.7. The number of carbonyl (C=O) groups excluding carboxylic acids is 4. The first-order valence-corrected chi connectivity index (χ1v) is 10.2. The Labute approximate surface area is 184 Å². The van der Waals surface area contributed by atoms with Crippen molar-refractivity contribution in [2.24, 2.45) is 17.1 Å². The van der Waals surface area contributed by atoms with Crippen molar-refractivity contribution in [2.75, 3.05) is 13.1 Å². The molecule has 0 aliphatic carbocycles. The summed E-state index contributed by atoms with van der Waals surface area (Å²) in [5, 5.41) is 6.96. The topological polar surface area (TPSA) is 148 Å². The molecule has 1 aromatic heterocycles. The third-order valence-electron chi connectivity index (χ3n) is 4.89. The number of primary amides is 1. The molecule has 10 nitrogen and oxygen atoms in total. The van der Waals surface area contributed by atoms with E-state index in [0.717, 1.165) is 0 Å². The Morgan fingerprint density at radius 1 is 1.42 bits per heavy atom. The SMILES string of the molecule is Cc1onc(C(N)=O)c1[C@H](CC(C)(C)C)C(=O)NN(C[C@@H]1CCNC1=O)C(=O)[C@H](F)Cl. The fourth-order valence-corrected chi connectivity index (χ4v) is 3.58. The van der Waals surface area contributed by atoms with Crippen molar-refractivity contribution in [3.05, 3.63) is 17.0 Å². The van der Waals surface area contributed by atoms with Gasteiger partial charge in [0.1, 0.15) is 5.76 Å². The van der Waals surface area contributed by atoms with Crippen molar-refractivity contribution in [3.8, 4) is 0 Å². The molecule has 0 bridgehead atoms. The van der Waals surface area contributed by atoms with Crippen LogP contribution in [0, 0.1) is 18.3 Å². The third-order valence-corrected chi connectivity index (χ3v) is 5.07. The fraction of sp³-hybridized carbons (Fsp3) is 0.632. The van der Waals surface area contributed by atoms with Crippen molar-refractivity contribution in [3.63, 3.8) is 0 Å². The van der Waals surface area contributed by atoms with Gasteiger partial charge in [0.15, 0.2) is 5.69 Å². The quantitative estimate of drug-likeness (QED) is 0.411. The van der Waals surface area contributed by atoms with E-state index in [1.165, 1.54) is 6.92 Å². The number of amides is 4. The lowest BCUT2D eigenvalue weighted by Gasteiger charge is -2.30.